The van der Waals surface area contributed by atoms with Gasteiger partial charge in [0, 0.05) is 6.42 Å². The van der Waals surface area contributed by atoms with E-state index >= 15 is 0 Å². The second kappa shape index (κ2) is 4.91. The van der Waals surface area contributed by atoms with Gasteiger partial charge >= 0.3 is 0 Å². The molecule has 0 aliphatic heterocycles. The molecule has 0 radical (unpaired) electrons. The summed E-state index contributed by atoms with van der Waals surface area (Å²) in [6.45, 7) is 1.51. The van der Waals surface area contributed by atoms with E-state index < -0.39 is 0 Å². The van der Waals surface area contributed by atoms with E-state index in [2.05, 4.69) is 4.98 Å². The number of halogens is 1. The van der Waals surface area contributed by atoms with Crippen LogP contribution in [0.3, 0.4) is 0 Å². The van der Waals surface area contributed by atoms with Crippen molar-refractivity contribution in [3.8, 4) is 0 Å². The van der Waals surface area contributed by atoms with Crippen LogP contribution in [0.5, 0.6) is 0 Å². The molecule has 2 aromatic rings. The molecule has 0 bridgehead atoms. The van der Waals surface area contributed by atoms with Crippen molar-refractivity contribution in [2.45, 2.75) is 19.8 Å². The summed E-state index contributed by atoms with van der Waals surface area (Å²) in [6.07, 6.45) is 2.27. The lowest BCUT2D eigenvalue weighted by Gasteiger charge is -1.96. The Balaban J connectivity index is 2.06. The van der Waals surface area contributed by atoms with Crippen molar-refractivity contribution in [3.63, 3.8) is 0 Å². The minimum absolute atomic E-state index is 0.0478. The normalized spacial score (nSPS) is 10.5. The number of oxazole rings is 1. The summed E-state index contributed by atoms with van der Waals surface area (Å²) < 4.78 is 17.9. The predicted octanol–water partition coefficient (Wildman–Crippen LogP) is 2.54. The quantitative estimate of drug-likeness (QED) is 0.815. The fourth-order valence-electron chi connectivity index (χ4n) is 1.54. The maximum Gasteiger partial charge on any atom is 0.198 e. The summed E-state index contributed by atoms with van der Waals surface area (Å²) in [7, 11) is 0. The molecule has 1 aromatic carbocycles. The summed E-state index contributed by atoms with van der Waals surface area (Å²) in [5.74, 6) is 0.318. The molecule has 88 valence electrons. The molecule has 0 N–H and O–H groups in total. The van der Waals surface area contributed by atoms with Gasteiger partial charge in [-0.15, -0.1) is 0 Å². The number of hydrogen-bond acceptors (Lipinski definition) is 3. The average molecular weight is 233 g/mol. The molecular formula is C13H12FNO2. The Hall–Kier alpha value is -1.97. The van der Waals surface area contributed by atoms with Crippen LogP contribution in [0.15, 0.2) is 34.9 Å². The maximum absolute atomic E-state index is 12.7. The first-order chi connectivity index (χ1) is 8.13. The molecule has 1 heterocycles. The number of benzene rings is 1. The van der Waals surface area contributed by atoms with E-state index in [-0.39, 0.29) is 18.0 Å². The van der Waals surface area contributed by atoms with Gasteiger partial charge in [-0.1, -0.05) is 12.1 Å². The first-order valence-electron chi connectivity index (χ1n) is 5.30. The second-order valence-corrected chi connectivity index (χ2v) is 3.91. The van der Waals surface area contributed by atoms with Crippen LogP contribution in [0, 0.1) is 5.82 Å². The molecule has 0 spiro atoms. The molecule has 0 saturated carbocycles. The van der Waals surface area contributed by atoms with E-state index in [1.54, 1.807) is 12.1 Å². The lowest BCUT2D eigenvalue weighted by atomic mass is 10.1. The van der Waals surface area contributed by atoms with E-state index in [4.69, 9.17) is 4.42 Å². The molecule has 17 heavy (non-hydrogen) atoms. The van der Waals surface area contributed by atoms with Crippen molar-refractivity contribution in [1.29, 1.82) is 0 Å². The van der Waals surface area contributed by atoms with Crippen LogP contribution in [-0.4, -0.2) is 10.8 Å². The van der Waals surface area contributed by atoms with Crippen molar-refractivity contribution in [2.24, 2.45) is 0 Å². The van der Waals surface area contributed by atoms with Gasteiger partial charge in [-0.25, -0.2) is 9.37 Å². The zero-order valence-corrected chi connectivity index (χ0v) is 9.44. The highest BCUT2D eigenvalue weighted by Gasteiger charge is 2.06. The SMILES string of the molecule is CC(=O)Cc1coc(Cc2ccc(F)cc2)n1. The lowest BCUT2D eigenvalue weighted by Crippen LogP contribution is -1.97. The van der Waals surface area contributed by atoms with Crippen molar-refractivity contribution in [2.75, 3.05) is 0 Å². The number of carbonyl (C=O) groups excluding carboxylic acids is 1. The van der Waals surface area contributed by atoms with Crippen LogP contribution in [0.25, 0.3) is 0 Å². The minimum Gasteiger partial charge on any atom is -0.448 e. The molecule has 1 aromatic heterocycles. The van der Waals surface area contributed by atoms with Gasteiger partial charge in [-0.3, -0.25) is 4.79 Å². The molecule has 4 heteroatoms. The van der Waals surface area contributed by atoms with Crippen molar-refractivity contribution < 1.29 is 13.6 Å². The van der Waals surface area contributed by atoms with Crippen LogP contribution in [0.1, 0.15) is 24.1 Å². The van der Waals surface area contributed by atoms with Crippen molar-refractivity contribution >= 4 is 5.78 Å². The Labute approximate surface area is 98.3 Å². The van der Waals surface area contributed by atoms with Gasteiger partial charge in [0.2, 0.25) is 0 Å². The van der Waals surface area contributed by atoms with E-state index in [1.807, 2.05) is 0 Å². The summed E-state index contributed by atoms with van der Waals surface area (Å²) in [5.41, 5.74) is 1.55. The number of rotatable bonds is 4. The molecule has 0 atom stereocenters. The third-order valence-corrected chi connectivity index (χ3v) is 2.30. The van der Waals surface area contributed by atoms with Gasteiger partial charge < -0.3 is 4.42 Å². The zero-order chi connectivity index (χ0) is 12.3. The standard InChI is InChI=1S/C13H12FNO2/c1-9(16)6-12-8-17-13(15-12)7-10-2-4-11(14)5-3-10/h2-5,8H,6-7H2,1H3. The van der Waals surface area contributed by atoms with Gasteiger partial charge in [0.05, 0.1) is 12.1 Å². The summed E-state index contributed by atoms with van der Waals surface area (Å²) in [5, 5.41) is 0. The topological polar surface area (TPSA) is 43.1 Å². The fraction of sp³-hybridized carbons (Fsp3) is 0.231. The molecule has 0 aliphatic rings. The van der Waals surface area contributed by atoms with Crippen LogP contribution >= 0.6 is 0 Å². The van der Waals surface area contributed by atoms with Crippen LogP contribution in [-0.2, 0) is 17.6 Å². The van der Waals surface area contributed by atoms with E-state index in [0.29, 0.717) is 18.0 Å². The smallest absolute Gasteiger partial charge is 0.198 e. The van der Waals surface area contributed by atoms with Crippen LogP contribution in [0.4, 0.5) is 4.39 Å². The van der Waals surface area contributed by atoms with Crippen molar-refractivity contribution in [1.82, 2.24) is 4.98 Å². The predicted molar refractivity (Wildman–Crippen MR) is 60.1 cm³/mol. The summed E-state index contributed by atoms with van der Waals surface area (Å²) in [4.78, 5) is 15.1. The molecule has 2 rings (SSSR count). The van der Waals surface area contributed by atoms with Gasteiger partial charge in [0.15, 0.2) is 5.89 Å². The number of aromatic nitrogens is 1. The number of hydrogen-bond donors (Lipinski definition) is 0. The van der Waals surface area contributed by atoms with Crippen LogP contribution in [0.2, 0.25) is 0 Å². The third-order valence-electron chi connectivity index (χ3n) is 2.30. The third kappa shape index (κ3) is 3.24. The first-order valence-corrected chi connectivity index (χ1v) is 5.30. The Kier molecular flexibility index (Phi) is 3.32. The molecule has 0 fully saturated rings. The van der Waals surface area contributed by atoms with E-state index in [9.17, 15) is 9.18 Å². The monoisotopic (exact) mass is 233 g/mol. The lowest BCUT2D eigenvalue weighted by molar-refractivity contribution is -0.116. The fourth-order valence-corrected chi connectivity index (χ4v) is 1.54. The average Bonchev–Trinajstić information content (AvgIpc) is 2.68. The highest BCUT2D eigenvalue weighted by Crippen LogP contribution is 2.11. The molecule has 0 amide bonds. The van der Waals surface area contributed by atoms with E-state index in [1.165, 1.54) is 25.3 Å². The number of Topliss-reactive ketones (excluding diaryl/α,β-unsaturated/α-hetero) is 1. The Morgan fingerprint density at radius 3 is 2.71 bits per heavy atom. The number of carbonyl (C=O) groups is 1. The molecule has 3 nitrogen and oxygen atoms in total. The number of nitrogens with zero attached hydrogens (tertiary/aromatic N) is 1. The van der Waals surface area contributed by atoms with Crippen LogP contribution < -0.4 is 0 Å². The molecular weight excluding hydrogens is 221 g/mol. The molecule has 0 saturated heterocycles. The number of ketones is 1. The summed E-state index contributed by atoms with van der Waals surface area (Å²) >= 11 is 0. The van der Waals surface area contributed by atoms with Gasteiger partial charge in [-0.2, -0.15) is 0 Å². The Morgan fingerprint density at radius 1 is 1.35 bits per heavy atom. The highest BCUT2D eigenvalue weighted by molar-refractivity contribution is 5.77. The van der Waals surface area contributed by atoms with Gasteiger partial charge in [0.1, 0.15) is 17.9 Å². The Morgan fingerprint density at radius 2 is 2.06 bits per heavy atom. The van der Waals surface area contributed by atoms with Crippen molar-refractivity contribution in [3.05, 3.63) is 53.5 Å². The highest BCUT2D eigenvalue weighted by atomic mass is 19.1. The first kappa shape index (κ1) is 11.5. The van der Waals surface area contributed by atoms with Gasteiger partial charge in [0.25, 0.3) is 0 Å². The Bertz CT molecular complexity index is 516. The minimum atomic E-state index is -0.265. The summed E-state index contributed by atoms with van der Waals surface area (Å²) in [6, 6.07) is 6.16. The largest absolute Gasteiger partial charge is 0.448 e. The van der Waals surface area contributed by atoms with E-state index in [0.717, 1.165) is 5.56 Å². The molecule has 0 aliphatic carbocycles. The molecule has 0 unspecified atom stereocenters. The van der Waals surface area contributed by atoms with Gasteiger partial charge in [-0.05, 0) is 24.6 Å². The maximum atomic E-state index is 12.7. The second-order valence-electron chi connectivity index (χ2n) is 3.91. The zero-order valence-electron chi connectivity index (χ0n) is 9.44.